The van der Waals surface area contributed by atoms with E-state index in [1.165, 1.54) is 6.92 Å². The maximum absolute atomic E-state index is 12.9. The predicted octanol–water partition coefficient (Wildman–Crippen LogP) is 0.404. The van der Waals surface area contributed by atoms with Crippen molar-refractivity contribution in [1.29, 1.82) is 0 Å². The zero-order valence-electron chi connectivity index (χ0n) is 14.9. The summed E-state index contributed by atoms with van der Waals surface area (Å²) in [6, 6.07) is -0.0512. The van der Waals surface area contributed by atoms with Crippen LogP contribution in [-0.2, 0) is 23.8 Å². The molecule has 1 spiro atoms. The van der Waals surface area contributed by atoms with E-state index < -0.39 is 23.1 Å². The summed E-state index contributed by atoms with van der Waals surface area (Å²) in [5.74, 6) is -1.55. The van der Waals surface area contributed by atoms with Crippen LogP contribution < -0.4 is 0 Å². The molecule has 1 N–H and O–H groups in total. The minimum absolute atomic E-state index is 0.0512. The van der Waals surface area contributed by atoms with Crippen LogP contribution in [0, 0.1) is 5.92 Å². The van der Waals surface area contributed by atoms with E-state index in [-0.39, 0.29) is 37.2 Å². The quantitative estimate of drug-likeness (QED) is 0.384. The van der Waals surface area contributed by atoms with Crippen molar-refractivity contribution in [3.05, 3.63) is 11.6 Å². The Bertz CT molecular complexity index is 643. The number of hydrogen-bond donors (Lipinski definition) is 1. The molecule has 0 radical (unpaired) electrons. The second-order valence-electron chi connectivity index (χ2n) is 7.93. The molecule has 0 saturated carbocycles. The maximum atomic E-state index is 12.9. The lowest BCUT2D eigenvalue weighted by Gasteiger charge is -2.32. The normalized spacial score (nSPS) is 47.4. The fourth-order valence-electron chi connectivity index (χ4n) is 4.31. The van der Waals surface area contributed by atoms with Gasteiger partial charge in [-0.25, -0.2) is 9.59 Å². The Morgan fingerprint density at radius 3 is 2.68 bits per heavy atom. The molecular formula is C18H25NO6. The number of esters is 2. The SMILES string of the molecule is C[C@@H]1O[C@]12C[C@@H](C)[C@](C)(O)C(=O)OCC1=CCN3CC[C@@H](OC2=O)[C@@H]13. The zero-order valence-corrected chi connectivity index (χ0v) is 14.9. The van der Waals surface area contributed by atoms with E-state index in [2.05, 4.69) is 4.90 Å². The highest BCUT2D eigenvalue weighted by Crippen LogP contribution is 2.46. The third-order valence-corrected chi connectivity index (χ3v) is 6.36. The first kappa shape index (κ1) is 17.0. The average Bonchev–Trinajstić information content (AvgIpc) is 2.91. The summed E-state index contributed by atoms with van der Waals surface area (Å²) < 4.78 is 16.9. The lowest BCUT2D eigenvalue weighted by molar-refractivity contribution is -0.172. The average molecular weight is 351 g/mol. The lowest BCUT2D eigenvalue weighted by Crippen LogP contribution is -2.48. The van der Waals surface area contributed by atoms with Crippen molar-refractivity contribution < 1.29 is 28.9 Å². The van der Waals surface area contributed by atoms with E-state index in [0.29, 0.717) is 0 Å². The Hall–Kier alpha value is -1.44. The number of cyclic esters (lactones) is 1. The van der Waals surface area contributed by atoms with Crippen LogP contribution in [0.5, 0.6) is 0 Å². The van der Waals surface area contributed by atoms with Gasteiger partial charge in [-0.2, -0.15) is 0 Å². The second kappa shape index (κ2) is 5.53. The molecule has 7 heteroatoms. The number of aliphatic hydroxyl groups is 1. The Balaban J connectivity index is 1.66. The summed E-state index contributed by atoms with van der Waals surface area (Å²) in [4.78, 5) is 27.5. The van der Waals surface area contributed by atoms with Gasteiger partial charge >= 0.3 is 11.9 Å². The molecule has 25 heavy (non-hydrogen) atoms. The van der Waals surface area contributed by atoms with Crippen LogP contribution in [0.15, 0.2) is 11.6 Å². The van der Waals surface area contributed by atoms with Crippen LogP contribution in [0.1, 0.15) is 33.6 Å². The summed E-state index contributed by atoms with van der Waals surface area (Å²) in [7, 11) is 0. The Morgan fingerprint density at radius 2 is 2.00 bits per heavy atom. The number of hydrogen-bond acceptors (Lipinski definition) is 7. The number of nitrogens with zero attached hydrogens (tertiary/aromatic N) is 1. The predicted molar refractivity (Wildman–Crippen MR) is 86.6 cm³/mol. The third kappa shape index (κ3) is 2.52. The Kier molecular flexibility index (Phi) is 3.76. The fourth-order valence-corrected chi connectivity index (χ4v) is 4.31. The van der Waals surface area contributed by atoms with Gasteiger partial charge in [-0.3, -0.25) is 4.90 Å². The van der Waals surface area contributed by atoms with Crippen LogP contribution in [0.2, 0.25) is 0 Å². The number of carbonyl (C=O) groups is 2. The molecule has 0 aromatic carbocycles. The van der Waals surface area contributed by atoms with Gasteiger partial charge in [-0.1, -0.05) is 13.0 Å². The van der Waals surface area contributed by atoms with Crippen molar-refractivity contribution in [1.82, 2.24) is 4.90 Å². The van der Waals surface area contributed by atoms with Gasteiger partial charge in [-0.15, -0.1) is 0 Å². The fraction of sp³-hybridized carbons (Fsp3) is 0.778. The second-order valence-corrected chi connectivity index (χ2v) is 7.93. The van der Waals surface area contributed by atoms with Gasteiger partial charge in [0.2, 0.25) is 0 Å². The summed E-state index contributed by atoms with van der Waals surface area (Å²) in [5.41, 5.74) is -1.82. The molecule has 6 atom stereocenters. The van der Waals surface area contributed by atoms with E-state index in [4.69, 9.17) is 14.2 Å². The number of epoxide rings is 1. The molecule has 3 saturated heterocycles. The standard InChI is InChI=1S/C18H25NO6/c1-10-8-18(11(2)25-18)16(21)24-13-5-7-19-6-4-12(14(13)19)9-23-15(20)17(10,3)22/h4,10-11,13-14,22H,5-9H2,1-3H3/t10-,11+,13-,14-,17+,18-/m1/s1. The van der Waals surface area contributed by atoms with Crippen LogP contribution >= 0.6 is 0 Å². The summed E-state index contributed by atoms with van der Waals surface area (Å²) in [6.07, 6.45) is 2.48. The highest BCUT2D eigenvalue weighted by atomic mass is 16.7. The van der Waals surface area contributed by atoms with Gasteiger partial charge in [0, 0.05) is 13.1 Å². The molecule has 0 aromatic heterocycles. The van der Waals surface area contributed by atoms with E-state index >= 15 is 0 Å². The molecule has 0 amide bonds. The van der Waals surface area contributed by atoms with Crippen LogP contribution in [-0.4, -0.2) is 71.1 Å². The van der Waals surface area contributed by atoms with Gasteiger partial charge in [0.05, 0.1) is 12.1 Å². The van der Waals surface area contributed by atoms with Crippen molar-refractivity contribution in [2.45, 2.75) is 63.1 Å². The summed E-state index contributed by atoms with van der Waals surface area (Å²) >= 11 is 0. The van der Waals surface area contributed by atoms with Crippen molar-refractivity contribution in [3.63, 3.8) is 0 Å². The Morgan fingerprint density at radius 1 is 1.28 bits per heavy atom. The first-order valence-corrected chi connectivity index (χ1v) is 8.97. The maximum Gasteiger partial charge on any atom is 0.341 e. The molecule has 4 aliphatic rings. The van der Waals surface area contributed by atoms with Gasteiger partial charge in [0.25, 0.3) is 0 Å². The number of rotatable bonds is 0. The molecule has 4 heterocycles. The van der Waals surface area contributed by atoms with Crippen LogP contribution in [0.25, 0.3) is 0 Å². The molecule has 0 aromatic rings. The van der Waals surface area contributed by atoms with Gasteiger partial charge < -0.3 is 19.3 Å². The molecule has 0 unspecified atom stereocenters. The van der Waals surface area contributed by atoms with Crippen molar-refractivity contribution in [2.24, 2.45) is 5.92 Å². The number of carbonyl (C=O) groups excluding carboxylic acids is 2. The van der Waals surface area contributed by atoms with E-state index in [9.17, 15) is 14.7 Å². The van der Waals surface area contributed by atoms with Crippen molar-refractivity contribution >= 4 is 11.9 Å². The number of ether oxygens (including phenoxy) is 3. The molecule has 4 rings (SSSR count). The molecule has 4 aliphatic heterocycles. The molecule has 0 aliphatic carbocycles. The molecule has 7 nitrogen and oxygen atoms in total. The summed E-state index contributed by atoms with van der Waals surface area (Å²) in [5, 5.41) is 10.7. The minimum Gasteiger partial charge on any atom is -0.459 e. The largest absolute Gasteiger partial charge is 0.459 e. The van der Waals surface area contributed by atoms with E-state index in [0.717, 1.165) is 25.1 Å². The Labute approximate surface area is 146 Å². The van der Waals surface area contributed by atoms with Crippen molar-refractivity contribution in [2.75, 3.05) is 19.7 Å². The van der Waals surface area contributed by atoms with E-state index in [1.54, 1.807) is 6.92 Å². The zero-order chi connectivity index (χ0) is 18.0. The first-order valence-electron chi connectivity index (χ1n) is 8.97. The van der Waals surface area contributed by atoms with Gasteiger partial charge in [0.1, 0.15) is 12.7 Å². The van der Waals surface area contributed by atoms with Gasteiger partial charge in [-0.05, 0) is 38.2 Å². The first-order chi connectivity index (χ1) is 11.8. The highest BCUT2D eigenvalue weighted by Gasteiger charge is 2.64. The lowest BCUT2D eigenvalue weighted by atomic mass is 9.82. The van der Waals surface area contributed by atoms with Crippen LogP contribution in [0.3, 0.4) is 0 Å². The smallest absolute Gasteiger partial charge is 0.341 e. The van der Waals surface area contributed by atoms with E-state index in [1.807, 2.05) is 13.0 Å². The molecule has 0 bridgehead atoms. The third-order valence-electron chi connectivity index (χ3n) is 6.36. The topological polar surface area (TPSA) is 88.6 Å². The van der Waals surface area contributed by atoms with Crippen molar-refractivity contribution in [3.8, 4) is 0 Å². The summed E-state index contributed by atoms with van der Waals surface area (Å²) in [6.45, 7) is 6.70. The van der Waals surface area contributed by atoms with Crippen LogP contribution in [0.4, 0.5) is 0 Å². The van der Waals surface area contributed by atoms with Gasteiger partial charge in [0.15, 0.2) is 11.2 Å². The minimum atomic E-state index is -1.69. The monoisotopic (exact) mass is 351 g/mol. The molecule has 3 fully saturated rings. The molecular weight excluding hydrogens is 326 g/mol. The highest BCUT2D eigenvalue weighted by molar-refractivity contribution is 5.84. The molecule has 138 valence electrons.